The molecule has 23 heavy (non-hydrogen) atoms. The maximum Gasteiger partial charge on any atom is 0.344 e. The summed E-state index contributed by atoms with van der Waals surface area (Å²) in [6.07, 6.45) is -0.503. The number of benzene rings is 1. The van der Waals surface area contributed by atoms with Gasteiger partial charge in [-0.3, -0.25) is 4.57 Å². The van der Waals surface area contributed by atoms with E-state index in [0.717, 1.165) is 12.7 Å². The first-order valence-electron chi connectivity index (χ1n) is 7.07. The first kappa shape index (κ1) is 18.4. The number of ether oxygens (including phenoxy) is 3. The van der Waals surface area contributed by atoms with Crippen molar-refractivity contribution < 1.29 is 28.2 Å². The van der Waals surface area contributed by atoms with Gasteiger partial charge in [0, 0.05) is 21.3 Å². The summed E-state index contributed by atoms with van der Waals surface area (Å²) in [5.41, 5.74) is 0.926. The van der Waals surface area contributed by atoms with Crippen LogP contribution in [0.1, 0.15) is 11.7 Å². The second-order valence-electron chi connectivity index (χ2n) is 5.13. The molecule has 1 N–H and O–H groups in total. The van der Waals surface area contributed by atoms with E-state index < -0.39 is 19.8 Å². The molecule has 5 atom stereocenters. The van der Waals surface area contributed by atoms with Gasteiger partial charge in [-0.25, -0.2) is 0 Å². The van der Waals surface area contributed by atoms with Gasteiger partial charge in [0.05, 0.1) is 0 Å². The highest BCUT2D eigenvalue weighted by Crippen LogP contribution is 2.49. The predicted octanol–water partition coefficient (Wildman–Crippen LogP) is 2.00. The second kappa shape index (κ2) is 7.75. The lowest BCUT2D eigenvalue weighted by Gasteiger charge is -2.21. The van der Waals surface area contributed by atoms with Crippen molar-refractivity contribution in [3.8, 4) is 0 Å². The Morgan fingerprint density at radius 1 is 1.22 bits per heavy atom. The highest BCUT2D eigenvalue weighted by molar-refractivity contribution is 7.59. The molecule has 1 unspecified atom stereocenters. The second-order valence-corrected chi connectivity index (χ2v) is 7.05. The van der Waals surface area contributed by atoms with Gasteiger partial charge in [-0.15, -0.1) is 0 Å². The van der Waals surface area contributed by atoms with Crippen LogP contribution >= 0.6 is 7.60 Å². The van der Waals surface area contributed by atoms with Crippen LogP contribution in [0.3, 0.4) is 0 Å². The lowest BCUT2D eigenvalue weighted by molar-refractivity contribution is -0.0264. The van der Waals surface area contributed by atoms with Crippen molar-refractivity contribution in [2.75, 3.05) is 21.3 Å². The molecule has 6 nitrogen and oxygen atoms in total. The first-order valence-corrected chi connectivity index (χ1v) is 8.64. The summed E-state index contributed by atoms with van der Waals surface area (Å²) < 4.78 is 33.3. The Morgan fingerprint density at radius 3 is 2.35 bits per heavy atom. The van der Waals surface area contributed by atoms with Crippen LogP contribution < -0.4 is 0 Å². The SMILES string of the molecule is [B]/C(=C\[C@H]1O[C@@H](c2ccccc2)[C@H](OC)[C@@H]1OC)P(=O)(O)OC. The van der Waals surface area contributed by atoms with Gasteiger partial charge in [-0.05, 0) is 10.8 Å². The van der Waals surface area contributed by atoms with Gasteiger partial charge in [-0.2, -0.15) is 0 Å². The zero-order chi connectivity index (χ0) is 17.0. The van der Waals surface area contributed by atoms with Gasteiger partial charge < -0.3 is 23.6 Å². The molecule has 1 aliphatic rings. The fourth-order valence-corrected chi connectivity index (χ4v) is 3.17. The van der Waals surface area contributed by atoms with Crippen molar-refractivity contribution in [3.63, 3.8) is 0 Å². The Morgan fingerprint density at radius 2 is 1.83 bits per heavy atom. The summed E-state index contributed by atoms with van der Waals surface area (Å²) in [6, 6.07) is 9.55. The van der Waals surface area contributed by atoms with Crippen LogP contribution in [0.4, 0.5) is 0 Å². The standard InChI is InChI=1S/C15H20BO6P/c1-19-14-11(9-12(16)23(17,18)21-3)22-13(15(14)20-2)10-7-5-4-6-8-10/h4-9,11,13-15H,1-3H3,(H,17,18)/b12-9+/t11-,13+,14-,15+/m1/s1. The van der Waals surface area contributed by atoms with Gasteiger partial charge in [0.25, 0.3) is 0 Å². The predicted molar refractivity (Wildman–Crippen MR) is 86.3 cm³/mol. The van der Waals surface area contributed by atoms with Crippen molar-refractivity contribution in [3.05, 3.63) is 47.2 Å². The Bertz CT molecular complexity index is 593. The molecule has 2 rings (SSSR count). The van der Waals surface area contributed by atoms with Gasteiger partial charge in [0.15, 0.2) is 0 Å². The molecule has 1 aliphatic heterocycles. The Hall–Kier alpha value is -0.945. The largest absolute Gasteiger partial charge is 0.376 e. The van der Waals surface area contributed by atoms with Crippen LogP contribution in [0.2, 0.25) is 0 Å². The van der Waals surface area contributed by atoms with E-state index >= 15 is 0 Å². The summed E-state index contributed by atoms with van der Waals surface area (Å²) >= 11 is 0. The van der Waals surface area contributed by atoms with Crippen LogP contribution in [0.25, 0.3) is 0 Å². The quantitative estimate of drug-likeness (QED) is 0.632. The molecule has 1 heterocycles. The molecule has 2 radical (unpaired) electrons. The molecule has 0 spiro atoms. The van der Waals surface area contributed by atoms with E-state index in [4.69, 9.17) is 22.1 Å². The van der Waals surface area contributed by atoms with Crippen LogP contribution in [0.5, 0.6) is 0 Å². The Labute approximate surface area is 137 Å². The highest BCUT2D eigenvalue weighted by Gasteiger charge is 2.45. The average Bonchev–Trinajstić information content (AvgIpc) is 2.92. The monoisotopic (exact) mass is 338 g/mol. The Balaban J connectivity index is 2.31. The van der Waals surface area contributed by atoms with E-state index in [1.807, 2.05) is 30.3 Å². The minimum Gasteiger partial charge on any atom is -0.376 e. The van der Waals surface area contributed by atoms with Gasteiger partial charge in [0.2, 0.25) is 0 Å². The van der Waals surface area contributed by atoms with Crippen molar-refractivity contribution in [1.82, 2.24) is 0 Å². The van der Waals surface area contributed by atoms with E-state index in [9.17, 15) is 9.46 Å². The van der Waals surface area contributed by atoms with E-state index in [0.29, 0.717) is 0 Å². The molecule has 0 aromatic heterocycles. The minimum atomic E-state index is -4.01. The fourth-order valence-electron chi connectivity index (χ4n) is 2.62. The summed E-state index contributed by atoms with van der Waals surface area (Å²) in [7, 11) is 5.88. The molecule has 0 bridgehead atoms. The van der Waals surface area contributed by atoms with E-state index in [2.05, 4.69) is 4.52 Å². The number of rotatable bonds is 6. The molecule has 0 saturated carbocycles. The first-order chi connectivity index (χ1) is 10.9. The van der Waals surface area contributed by atoms with Gasteiger partial charge in [-0.1, -0.05) is 36.4 Å². The molecular weight excluding hydrogens is 318 g/mol. The molecule has 0 amide bonds. The minimum absolute atomic E-state index is 0.282. The zero-order valence-electron chi connectivity index (χ0n) is 13.3. The highest BCUT2D eigenvalue weighted by atomic mass is 31.2. The van der Waals surface area contributed by atoms with E-state index in [-0.39, 0.29) is 17.4 Å². The number of hydrogen-bond acceptors (Lipinski definition) is 5. The molecule has 1 saturated heterocycles. The number of hydrogen-bond donors (Lipinski definition) is 1. The van der Waals surface area contributed by atoms with Crippen molar-refractivity contribution >= 4 is 15.4 Å². The van der Waals surface area contributed by atoms with Crippen LogP contribution in [-0.4, -0.2) is 52.4 Å². The lowest BCUT2D eigenvalue weighted by atomic mass is 10.00. The van der Waals surface area contributed by atoms with Crippen molar-refractivity contribution in [1.29, 1.82) is 0 Å². The van der Waals surface area contributed by atoms with Crippen LogP contribution in [-0.2, 0) is 23.3 Å². The fraction of sp³-hybridized carbons (Fsp3) is 0.467. The summed E-state index contributed by atoms with van der Waals surface area (Å²) in [4.78, 5) is 9.63. The average molecular weight is 338 g/mol. The zero-order valence-corrected chi connectivity index (χ0v) is 14.2. The molecule has 124 valence electrons. The third-order valence-corrected chi connectivity index (χ3v) is 5.13. The van der Waals surface area contributed by atoms with Gasteiger partial charge in [0.1, 0.15) is 32.3 Å². The van der Waals surface area contributed by atoms with E-state index in [1.165, 1.54) is 13.2 Å². The normalized spacial score (nSPS) is 31.0. The van der Waals surface area contributed by atoms with E-state index in [1.54, 1.807) is 7.11 Å². The molecule has 1 aromatic rings. The molecule has 0 aliphatic carbocycles. The molecule has 1 aromatic carbocycles. The van der Waals surface area contributed by atoms with Crippen molar-refractivity contribution in [2.24, 2.45) is 0 Å². The summed E-state index contributed by atoms with van der Waals surface area (Å²) in [5, 5.41) is -0.282. The molecule has 8 heteroatoms. The smallest absolute Gasteiger partial charge is 0.344 e. The third-order valence-electron chi connectivity index (χ3n) is 3.83. The third kappa shape index (κ3) is 3.94. The van der Waals surface area contributed by atoms with Crippen LogP contribution in [0.15, 0.2) is 41.6 Å². The summed E-state index contributed by atoms with van der Waals surface area (Å²) in [6.45, 7) is 0. The maximum absolute atomic E-state index is 11.8. The topological polar surface area (TPSA) is 74.2 Å². The molecule has 1 fully saturated rings. The van der Waals surface area contributed by atoms with Crippen LogP contribution in [0, 0.1) is 0 Å². The Kier molecular flexibility index (Phi) is 6.20. The lowest BCUT2D eigenvalue weighted by Crippen LogP contribution is -2.33. The van der Waals surface area contributed by atoms with Gasteiger partial charge >= 0.3 is 7.60 Å². The maximum atomic E-state index is 11.8. The van der Waals surface area contributed by atoms with Crippen molar-refractivity contribution in [2.45, 2.75) is 24.4 Å². The molecular formula is C15H20BO6P. The summed E-state index contributed by atoms with van der Waals surface area (Å²) in [5.74, 6) is 0. The number of methoxy groups -OCH3 is 2.